The lowest BCUT2D eigenvalue weighted by Crippen LogP contribution is -1.93. The van der Waals surface area contributed by atoms with E-state index in [0.717, 1.165) is 12.0 Å². The molecule has 0 radical (unpaired) electrons. The second-order valence-corrected chi connectivity index (χ2v) is 2.87. The molecular weight excluding hydrogens is 176 g/mol. The van der Waals surface area contributed by atoms with Gasteiger partial charge in [-0.15, -0.1) is 0 Å². The Balaban J connectivity index is 0.000000791. The highest BCUT2D eigenvalue weighted by Crippen LogP contribution is 2.10. The van der Waals surface area contributed by atoms with E-state index in [1.807, 2.05) is 26.0 Å². The van der Waals surface area contributed by atoms with Gasteiger partial charge < -0.3 is 9.90 Å². The number of aromatic hydroxyl groups is 1. The van der Waals surface area contributed by atoms with Crippen molar-refractivity contribution in [2.24, 2.45) is 0 Å². The number of phenols is 1. The highest BCUT2D eigenvalue weighted by molar-refractivity contribution is 5.75. The molecule has 0 saturated heterocycles. The third-order valence-corrected chi connectivity index (χ3v) is 1.70. The van der Waals surface area contributed by atoms with Crippen molar-refractivity contribution in [3.05, 3.63) is 29.8 Å². The number of hydrogen-bond donors (Lipinski definition) is 1. The molecule has 78 valence electrons. The largest absolute Gasteiger partial charge is 0.508 e. The average Bonchev–Trinajstić information content (AvgIpc) is 2.20. The predicted octanol–water partition coefficient (Wildman–Crippen LogP) is 2.94. The standard InChI is InChI=1S/C10H12O2.C2H6/c1-8(11)2-3-9-4-6-10(12)7-5-9;1-2/h4-7,12H,2-3H2,1H3;1-2H3. The number of carbonyl (C=O) groups is 1. The van der Waals surface area contributed by atoms with E-state index in [2.05, 4.69) is 0 Å². The van der Waals surface area contributed by atoms with Gasteiger partial charge in [0, 0.05) is 6.42 Å². The molecule has 1 N–H and O–H groups in total. The van der Waals surface area contributed by atoms with Gasteiger partial charge in [-0.3, -0.25) is 0 Å². The van der Waals surface area contributed by atoms with E-state index in [9.17, 15) is 4.79 Å². The molecule has 2 heteroatoms. The third-order valence-electron chi connectivity index (χ3n) is 1.70. The number of ketones is 1. The molecule has 14 heavy (non-hydrogen) atoms. The molecule has 2 nitrogen and oxygen atoms in total. The molecule has 0 aromatic heterocycles. The van der Waals surface area contributed by atoms with Crippen LogP contribution in [0.4, 0.5) is 0 Å². The maximum Gasteiger partial charge on any atom is 0.130 e. The van der Waals surface area contributed by atoms with Crippen LogP contribution in [-0.4, -0.2) is 10.9 Å². The smallest absolute Gasteiger partial charge is 0.130 e. The SMILES string of the molecule is CC.CC(=O)CCc1ccc(O)cc1. The maximum atomic E-state index is 10.6. The zero-order valence-electron chi connectivity index (χ0n) is 9.08. The van der Waals surface area contributed by atoms with Crippen molar-refractivity contribution < 1.29 is 9.90 Å². The minimum atomic E-state index is 0.197. The Morgan fingerprint density at radius 3 is 2.14 bits per heavy atom. The Labute approximate surface area is 85.6 Å². The van der Waals surface area contributed by atoms with Gasteiger partial charge in [-0.25, -0.2) is 0 Å². The lowest BCUT2D eigenvalue weighted by Gasteiger charge is -1.98. The van der Waals surface area contributed by atoms with Crippen LogP contribution in [0.5, 0.6) is 5.75 Å². The van der Waals surface area contributed by atoms with Crippen molar-refractivity contribution in [2.45, 2.75) is 33.6 Å². The van der Waals surface area contributed by atoms with Gasteiger partial charge in [-0.05, 0) is 31.0 Å². The molecule has 1 rings (SSSR count). The van der Waals surface area contributed by atoms with E-state index in [1.165, 1.54) is 0 Å². The molecule has 0 heterocycles. The fourth-order valence-electron chi connectivity index (χ4n) is 0.983. The number of rotatable bonds is 3. The maximum absolute atomic E-state index is 10.6. The number of hydrogen-bond acceptors (Lipinski definition) is 2. The van der Waals surface area contributed by atoms with Crippen LogP contribution in [0.3, 0.4) is 0 Å². The van der Waals surface area contributed by atoms with Crippen LogP contribution in [-0.2, 0) is 11.2 Å². The van der Waals surface area contributed by atoms with E-state index in [1.54, 1.807) is 19.1 Å². The van der Waals surface area contributed by atoms with Gasteiger partial charge in [-0.2, -0.15) is 0 Å². The van der Waals surface area contributed by atoms with Crippen LogP contribution < -0.4 is 0 Å². The zero-order chi connectivity index (χ0) is 11.0. The molecule has 0 amide bonds. The molecule has 0 aliphatic rings. The summed E-state index contributed by atoms with van der Waals surface area (Å²) >= 11 is 0. The monoisotopic (exact) mass is 194 g/mol. The Morgan fingerprint density at radius 1 is 1.21 bits per heavy atom. The number of aryl methyl sites for hydroxylation is 1. The lowest BCUT2D eigenvalue weighted by atomic mass is 10.1. The topological polar surface area (TPSA) is 37.3 Å². The first-order chi connectivity index (χ1) is 6.68. The van der Waals surface area contributed by atoms with Crippen molar-refractivity contribution >= 4 is 5.78 Å². The quantitative estimate of drug-likeness (QED) is 0.803. The second kappa shape index (κ2) is 7.13. The van der Waals surface area contributed by atoms with Gasteiger partial charge >= 0.3 is 0 Å². The Hall–Kier alpha value is -1.31. The van der Waals surface area contributed by atoms with Crippen LogP contribution in [0, 0.1) is 0 Å². The van der Waals surface area contributed by atoms with Crippen molar-refractivity contribution in [3.8, 4) is 5.75 Å². The van der Waals surface area contributed by atoms with E-state index in [0.29, 0.717) is 6.42 Å². The van der Waals surface area contributed by atoms with Gasteiger partial charge in [0.1, 0.15) is 11.5 Å². The van der Waals surface area contributed by atoms with Crippen LogP contribution in [0.25, 0.3) is 0 Å². The van der Waals surface area contributed by atoms with Gasteiger partial charge in [0.25, 0.3) is 0 Å². The van der Waals surface area contributed by atoms with Crippen LogP contribution in [0.2, 0.25) is 0 Å². The molecular formula is C12H18O2. The van der Waals surface area contributed by atoms with Crippen LogP contribution in [0.1, 0.15) is 32.8 Å². The molecule has 0 aliphatic carbocycles. The summed E-state index contributed by atoms with van der Waals surface area (Å²) in [6, 6.07) is 6.93. The summed E-state index contributed by atoms with van der Waals surface area (Å²) < 4.78 is 0. The fourth-order valence-corrected chi connectivity index (χ4v) is 0.983. The highest BCUT2D eigenvalue weighted by atomic mass is 16.3. The lowest BCUT2D eigenvalue weighted by molar-refractivity contribution is -0.116. The second-order valence-electron chi connectivity index (χ2n) is 2.87. The summed E-state index contributed by atoms with van der Waals surface area (Å²) in [4.78, 5) is 10.6. The minimum absolute atomic E-state index is 0.197. The average molecular weight is 194 g/mol. The molecule has 0 saturated carbocycles. The number of benzene rings is 1. The predicted molar refractivity (Wildman–Crippen MR) is 58.5 cm³/mol. The van der Waals surface area contributed by atoms with E-state index >= 15 is 0 Å². The van der Waals surface area contributed by atoms with Gasteiger partial charge in [0.05, 0.1) is 0 Å². The van der Waals surface area contributed by atoms with Crippen LogP contribution >= 0.6 is 0 Å². The van der Waals surface area contributed by atoms with Gasteiger partial charge in [0.2, 0.25) is 0 Å². The van der Waals surface area contributed by atoms with Crippen molar-refractivity contribution in [1.82, 2.24) is 0 Å². The summed E-state index contributed by atoms with van der Waals surface area (Å²) in [6.07, 6.45) is 1.33. The van der Waals surface area contributed by atoms with E-state index in [4.69, 9.17) is 5.11 Å². The molecule has 0 fully saturated rings. The summed E-state index contributed by atoms with van der Waals surface area (Å²) in [5.74, 6) is 0.463. The molecule has 0 atom stereocenters. The zero-order valence-corrected chi connectivity index (χ0v) is 9.08. The minimum Gasteiger partial charge on any atom is -0.508 e. The Morgan fingerprint density at radius 2 is 1.71 bits per heavy atom. The van der Waals surface area contributed by atoms with E-state index in [-0.39, 0.29) is 11.5 Å². The summed E-state index contributed by atoms with van der Waals surface area (Å²) in [5.41, 5.74) is 1.09. The van der Waals surface area contributed by atoms with Crippen molar-refractivity contribution in [1.29, 1.82) is 0 Å². The number of phenolic OH excluding ortho intramolecular Hbond substituents is 1. The number of carbonyl (C=O) groups excluding carboxylic acids is 1. The third kappa shape index (κ3) is 5.36. The number of Topliss-reactive ketones (excluding diaryl/α,β-unsaturated/α-hetero) is 1. The first-order valence-electron chi connectivity index (χ1n) is 4.96. The van der Waals surface area contributed by atoms with Crippen LogP contribution in [0.15, 0.2) is 24.3 Å². The normalized spacial score (nSPS) is 8.79. The fraction of sp³-hybridized carbons (Fsp3) is 0.417. The summed E-state index contributed by atoms with van der Waals surface area (Å²) in [5, 5.41) is 8.97. The molecule has 0 bridgehead atoms. The Kier molecular flexibility index (Phi) is 6.46. The first kappa shape index (κ1) is 12.7. The molecule has 0 spiro atoms. The molecule has 0 aliphatic heterocycles. The molecule has 1 aromatic carbocycles. The van der Waals surface area contributed by atoms with Crippen molar-refractivity contribution in [3.63, 3.8) is 0 Å². The molecule has 0 unspecified atom stereocenters. The highest BCUT2D eigenvalue weighted by Gasteiger charge is 1.96. The van der Waals surface area contributed by atoms with E-state index < -0.39 is 0 Å². The van der Waals surface area contributed by atoms with Gasteiger partial charge in [-0.1, -0.05) is 26.0 Å². The van der Waals surface area contributed by atoms with Crippen molar-refractivity contribution in [2.75, 3.05) is 0 Å². The summed E-state index contributed by atoms with van der Waals surface area (Å²) in [6.45, 7) is 5.58. The summed E-state index contributed by atoms with van der Waals surface area (Å²) in [7, 11) is 0. The first-order valence-corrected chi connectivity index (χ1v) is 4.96. The van der Waals surface area contributed by atoms with Gasteiger partial charge in [0.15, 0.2) is 0 Å². The molecule has 1 aromatic rings. The Bertz CT molecular complexity index is 262.